The van der Waals surface area contributed by atoms with E-state index in [2.05, 4.69) is 5.32 Å². The van der Waals surface area contributed by atoms with Crippen LogP contribution in [0.4, 0.5) is 14.5 Å². The fourth-order valence-electron chi connectivity index (χ4n) is 1.58. The maximum absolute atomic E-state index is 13.6. The van der Waals surface area contributed by atoms with Crippen LogP contribution >= 0.6 is 0 Å². The van der Waals surface area contributed by atoms with E-state index in [1.807, 2.05) is 18.2 Å². The molecule has 0 unspecified atom stereocenters. The summed E-state index contributed by atoms with van der Waals surface area (Å²) in [6.45, 7) is 0. The van der Waals surface area contributed by atoms with Gasteiger partial charge in [0.1, 0.15) is 11.6 Å². The lowest BCUT2D eigenvalue weighted by Crippen LogP contribution is -1.95. The summed E-state index contributed by atoms with van der Waals surface area (Å²) in [5.41, 5.74) is 1.42. The fourth-order valence-corrected chi connectivity index (χ4v) is 1.58. The molecule has 2 rings (SSSR count). The molecule has 0 atom stereocenters. The van der Waals surface area contributed by atoms with Gasteiger partial charge in [0, 0.05) is 18.7 Å². The Kier molecular flexibility index (Phi) is 2.86. The van der Waals surface area contributed by atoms with Crippen LogP contribution in [0.1, 0.15) is 0 Å². The van der Waals surface area contributed by atoms with Crippen molar-refractivity contribution in [2.45, 2.75) is 0 Å². The van der Waals surface area contributed by atoms with E-state index in [9.17, 15) is 8.78 Å². The molecule has 0 saturated carbocycles. The Morgan fingerprint density at radius 3 is 2.25 bits per heavy atom. The van der Waals surface area contributed by atoms with E-state index in [4.69, 9.17) is 0 Å². The standard InChI is InChI=1S/C13H11F2N/c1-16-13-7-10(11(14)8-12(13)15)9-5-3-2-4-6-9/h2-8,16H,1H3. The average molecular weight is 219 g/mol. The third-order valence-corrected chi connectivity index (χ3v) is 2.41. The number of halogens is 2. The molecular weight excluding hydrogens is 208 g/mol. The highest BCUT2D eigenvalue weighted by molar-refractivity contribution is 5.69. The molecule has 1 nitrogen and oxygen atoms in total. The number of hydrogen-bond acceptors (Lipinski definition) is 1. The summed E-state index contributed by atoms with van der Waals surface area (Å²) in [6.07, 6.45) is 0. The Morgan fingerprint density at radius 2 is 1.62 bits per heavy atom. The second kappa shape index (κ2) is 4.31. The van der Waals surface area contributed by atoms with Crippen LogP contribution in [0.2, 0.25) is 0 Å². The van der Waals surface area contributed by atoms with Gasteiger partial charge in [-0.25, -0.2) is 8.78 Å². The molecule has 0 amide bonds. The summed E-state index contributed by atoms with van der Waals surface area (Å²) in [4.78, 5) is 0. The van der Waals surface area contributed by atoms with Crippen LogP contribution in [0.5, 0.6) is 0 Å². The van der Waals surface area contributed by atoms with Crippen LogP contribution in [-0.2, 0) is 0 Å². The average Bonchev–Trinajstić information content (AvgIpc) is 2.30. The third-order valence-electron chi connectivity index (χ3n) is 2.41. The van der Waals surface area contributed by atoms with Crippen LogP contribution in [-0.4, -0.2) is 7.05 Å². The first-order valence-corrected chi connectivity index (χ1v) is 4.94. The minimum Gasteiger partial charge on any atom is -0.386 e. The Morgan fingerprint density at radius 1 is 0.938 bits per heavy atom. The van der Waals surface area contributed by atoms with Crippen molar-refractivity contribution in [2.75, 3.05) is 12.4 Å². The van der Waals surface area contributed by atoms with Crippen molar-refractivity contribution in [3.63, 3.8) is 0 Å². The Labute approximate surface area is 92.7 Å². The van der Waals surface area contributed by atoms with Gasteiger partial charge in [-0.3, -0.25) is 0 Å². The maximum atomic E-state index is 13.6. The van der Waals surface area contributed by atoms with Gasteiger partial charge in [0.05, 0.1) is 5.69 Å². The first-order valence-electron chi connectivity index (χ1n) is 4.94. The number of anilines is 1. The zero-order valence-electron chi connectivity index (χ0n) is 8.80. The highest BCUT2D eigenvalue weighted by Gasteiger charge is 2.10. The monoisotopic (exact) mass is 219 g/mol. The van der Waals surface area contributed by atoms with E-state index >= 15 is 0 Å². The van der Waals surface area contributed by atoms with Gasteiger partial charge >= 0.3 is 0 Å². The highest BCUT2D eigenvalue weighted by atomic mass is 19.1. The van der Waals surface area contributed by atoms with Gasteiger partial charge in [-0.2, -0.15) is 0 Å². The number of benzene rings is 2. The molecule has 3 heteroatoms. The first kappa shape index (κ1) is 10.6. The van der Waals surface area contributed by atoms with Gasteiger partial charge in [0.15, 0.2) is 0 Å². The molecule has 2 aromatic rings. The predicted molar refractivity (Wildman–Crippen MR) is 61.3 cm³/mol. The molecule has 2 aromatic carbocycles. The summed E-state index contributed by atoms with van der Waals surface area (Å²) >= 11 is 0. The van der Waals surface area contributed by atoms with Crippen molar-refractivity contribution in [2.24, 2.45) is 0 Å². The van der Waals surface area contributed by atoms with E-state index in [0.717, 1.165) is 11.6 Å². The molecule has 1 N–H and O–H groups in total. The Balaban J connectivity index is 2.57. The second-order valence-corrected chi connectivity index (χ2v) is 3.43. The molecule has 0 spiro atoms. The van der Waals surface area contributed by atoms with Crippen LogP contribution < -0.4 is 5.32 Å². The first-order chi connectivity index (χ1) is 7.72. The lowest BCUT2D eigenvalue weighted by molar-refractivity contribution is 0.588. The van der Waals surface area contributed by atoms with E-state index < -0.39 is 11.6 Å². The lowest BCUT2D eigenvalue weighted by Gasteiger charge is -2.08. The number of rotatable bonds is 2. The molecule has 0 saturated heterocycles. The quantitative estimate of drug-likeness (QED) is 0.812. The zero-order valence-corrected chi connectivity index (χ0v) is 8.80. The van der Waals surface area contributed by atoms with Crippen molar-refractivity contribution < 1.29 is 8.78 Å². The van der Waals surface area contributed by atoms with Crippen LogP contribution in [0.25, 0.3) is 11.1 Å². The number of hydrogen-bond donors (Lipinski definition) is 1. The smallest absolute Gasteiger partial charge is 0.149 e. The fraction of sp³-hybridized carbons (Fsp3) is 0.0769. The molecule has 0 aliphatic heterocycles. The maximum Gasteiger partial charge on any atom is 0.149 e. The summed E-state index contributed by atoms with van der Waals surface area (Å²) in [7, 11) is 1.60. The van der Waals surface area contributed by atoms with Gasteiger partial charge in [-0.15, -0.1) is 0 Å². The molecule has 0 aliphatic carbocycles. The van der Waals surface area contributed by atoms with Crippen LogP contribution in [0.15, 0.2) is 42.5 Å². The normalized spacial score (nSPS) is 10.2. The molecule has 0 radical (unpaired) electrons. The van der Waals surface area contributed by atoms with Gasteiger partial charge in [-0.05, 0) is 11.6 Å². The van der Waals surface area contributed by atoms with Gasteiger partial charge in [0.2, 0.25) is 0 Å². The minimum absolute atomic E-state index is 0.292. The van der Waals surface area contributed by atoms with Gasteiger partial charge < -0.3 is 5.32 Å². The summed E-state index contributed by atoms with van der Waals surface area (Å²) in [6, 6.07) is 11.4. The summed E-state index contributed by atoms with van der Waals surface area (Å²) in [5.74, 6) is -1.14. The largest absolute Gasteiger partial charge is 0.386 e. The Hall–Kier alpha value is -1.90. The SMILES string of the molecule is CNc1cc(-c2ccccc2)c(F)cc1F. The zero-order chi connectivity index (χ0) is 11.5. The highest BCUT2D eigenvalue weighted by Crippen LogP contribution is 2.27. The molecule has 0 heterocycles. The minimum atomic E-state index is -0.584. The summed E-state index contributed by atoms with van der Waals surface area (Å²) in [5, 5.41) is 2.69. The molecule has 0 aliphatic rings. The molecule has 0 fully saturated rings. The van der Waals surface area contributed by atoms with Crippen molar-refractivity contribution >= 4 is 5.69 Å². The van der Waals surface area contributed by atoms with Crippen LogP contribution in [0, 0.1) is 11.6 Å². The molecular formula is C13H11F2N. The third kappa shape index (κ3) is 1.89. The van der Waals surface area contributed by atoms with Gasteiger partial charge in [0.25, 0.3) is 0 Å². The van der Waals surface area contributed by atoms with E-state index in [1.165, 1.54) is 6.07 Å². The molecule has 0 aromatic heterocycles. The van der Waals surface area contributed by atoms with E-state index in [0.29, 0.717) is 11.3 Å². The molecule has 0 bridgehead atoms. The van der Waals surface area contributed by atoms with Crippen molar-refractivity contribution in [3.8, 4) is 11.1 Å². The van der Waals surface area contributed by atoms with Crippen molar-refractivity contribution in [1.29, 1.82) is 0 Å². The van der Waals surface area contributed by atoms with Crippen molar-refractivity contribution in [1.82, 2.24) is 0 Å². The predicted octanol–water partition coefficient (Wildman–Crippen LogP) is 3.67. The van der Waals surface area contributed by atoms with Crippen LogP contribution in [0.3, 0.4) is 0 Å². The van der Waals surface area contributed by atoms with Gasteiger partial charge in [-0.1, -0.05) is 30.3 Å². The molecule has 16 heavy (non-hydrogen) atoms. The summed E-state index contributed by atoms with van der Waals surface area (Å²) < 4.78 is 26.8. The second-order valence-electron chi connectivity index (χ2n) is 3.43. The van der Waals surface area contributed by atoms with E-state index in [-0.39, 0.29) is 0 Å². The topological polar surface area (TPSA) is 12.0 Å². The number of nitrogens with one attached hydrogen (secondary N) is 1. The van der Waals surface area contributed by atoms with E-state index in [1.54, 1.807) is 19.2 Å². The van der Waals surface area contributed by atoms with Crippen molar-refractivity contribution in [3.05, 3.63) is 54.1 Å². The Bertz CT molecular complexity index is 495. The molecule has 82 valence electrons. The lowest BCUT2D eigenvalue weighted by atomic mass is 10.0.